The van der Waals surface area contributed by atoms with Crippen molar-refractivity contribution in [2.75, 3.05) is 26.3 Å². The Morgan fingerprint density at radius 2 is 1.70 bits per heavy atom. The van der Waals surface area contributed by atoms with Crippen molar-refractivity contribution in [1.82, 2.24) is 9.62 Å². The molecule has 0 atom stereocenters. The van der Waals surface area contributed by atoms with E-state index in [9.17, 15) is 13.2 Å². The van der Waals surface area contributed by atoms with Crippen LogP contribution in [0.25, 0.3) is 0 Å². The highest BCUT2D eigenvalue weighted by Gasteiger charge is 2.36. The molecule has 2 aromatic rings. The Labute approximate surface area is 185 Å². The van der Waals surface area contributed by atoms with Gasteiger partial charge in [0, 0.05) is 36.3 Å². The molecule has 2 heterocycles. The average Bonchev–Trinajstić information content (AvgIpc) is 3.30. The van der Waals surface area contributed by atoms with Crippen LogP contribution < -0.4 is 5.32 Å². The second kappa shape index (κ2) is 8.78. The molecule has 0 unspecified atom stereocenters. The fourth-order valence-corrected chi connectivity index (χ4v) is 6.05. The molecular weight excluding hydrogens is 468 g/mol. The van der Waals surface area contributed by atoms with Gasteiger partial charge in [0.05, 0.1) is 10.4 Å². The van der Waals surface area contributed by atoms with Crippen molar-refractivity contribution in [3.05, 3.63) is 64.1 Å². The van der Waals surface area contributed by atoms with E-state index in [2.05, 4.69) is 21.2 Å². The zero-order valence-corrected chi connectivity index (χ0v) is 19.0. The maximum absolute atomic E-state index is 13.1. The summed E-state index contributed by atoms with van der Waals surface area (Å²) in [5, 5.41) is 3.21. The van der Waals surface area contributed by atoms with Crippen LogP contribution in [0.4, 0.5) is 0 Å². The highest BCUT2D eigenvalue weighted by Crippen LogP contribution is 2.34. The zero-order valence-electron chi connectivity index (χ0n) is 16.6. The molecule has 6 nitrogen and oxygen atoms in total. The SMILES string of the molecule is O=C(NC1(c2cccc(Br)c2)CCOCC1)c1ccc(S(=O)(=O)N2CCCC2)cc1. The number of nitrogens with zero attached hydrogens (tertiary/aromatic N) is 1. The number of amides is 1. The Balaban J connectivity index is 1.56. The number of nitrogens with one attached hydrogen (secondary N) is 1. The zero-order chi connectivity index (χ0) is 21.2. The van der Waals surface area contributed by atoms with Crippen molar-refractivity contribution < 1.29 is 17.9 Å². The molecule has 1 amide bonds. The minimum atomic E-state index is -3.49. The molecule has 0 bridgehead atoms. The molecule has 160 valence electrons. The monoisotopic (exact) mass is 492 g/mol. The van der Waals surface area contributed by atoms with Crippen molar-refractivity contribution in [3.8, 4) is 0 Å². The van der Waals surface area contributed by atoms with Crippen molar-refractivity contribution in [2.24, 2.45) is 0 Å². The Kier molecular flexibility index (Phi) is 6.29. The Hall–Kier alpha value is -1.74. The van der Waals surface area contributed by atoms with E-state index >= 15 is 0 Å². The molecule has 8 heteroatoms. The van der Waals surface area contributed by atoms with Crippen molar-refractivity contribution in [2.45, 2.75) is 36.1 Å². The predicted octanol–water partition coefficient (Wildman–Crippen LogP) is 3.67. The molecule has 1 N–H and O–H groups in total. The third-order valence-corrected chi connectivity index (χ3v) is 8.30. The van der Waals surface area contributed by atoms with Crippen LogP contribution in [0.1, 0.15) is 41.6 Å². The van der Waals surface area contributed by atoms with Crippen LogP contribution in [0.15, 0.2) is 57.9 Å². The van der Waals surface area contributed by atoms with Crippen molar-refractivity contribution in [1.29, 1.82) is 0 Å². The van der Waals surface area contributed by atoms with Gasteiger partial charge in [-0.3, -0.25) is 4.79 Å². The first kappa shape index (κ1) is 21.5. The largest absolute Gasteiger partial charge is 0.381 e. The summed E-state index contributed by atoms with van der Waals surface area (Å²) in [4.78, 5) is 13.3. The van der Waals surface area contributed by atoms with Crippen LogP contribution in [0.3, 0.4) is 0 Å². The van der Waals surface area contributed by atoms with Crippen LogP contribution in [0.2, 0.25) is 0 Å². The van der Waals surface area contributed by atoms with E-state index in [1.54, 1.807) is 12.1 Å². The smallest absolute Gasteiger partial charge is 0.251 e. The van der Waals surface area contributed by atoms with Gasteiger partial charge in [-0.1, -0.05) is 28.1 Å². The number of hydrogen-bond donors (Lipinski definition) is 1. The van der Waals surface area contributed by atoms with Gasteiger partial charge in [-0.2, -0.15) is 4.31 Å². The van der Waals surface area contributed by atoms with Crippen molar-refractivity contribution >= 4 is 31.9 Å². The number of carbonyl (C=O) groups excluding carboxylic acids is 1. The second-order valence-electron chi connectivity index (χ2n) is 7.79. The lowest BCUT2D eigenvalue weighted by molar-refractivity contribution is 0.0345. The molecule has 0 aliphatic carbocycles. The van der Waals surface area contributed by atoms with E-state index in [1.165, 1.54) is 16.4 Å². The van der Waals surface area contributed by atoms with E-state index < -0.39 is 15.6 Å². The topological polar surface area (TPSA) is 75.7 Å². The van der Waals surface area contributed by atoms with Crippen molar-refractivity contribution in [3.63, 3.8) is 0 Å². The lowest BCUT2D eigenvalue weighted by atomic mass is 9.82. The lowest BCUT2D eigenvalue weighted by Gasteiger charge is -2.38. The van der Waals surface area contributed by atoms with E-state index in [1.807, 2.05) is 24.3 Å². The molecule has 0 spiro atoms. The van der Waals surface area contributed by atoms with Gasteiger partial charge in [-0.05, 0) is 67.6 Å². The van der Waals surface area contributed by atoms with Gasteiger partial charge in [0.15, 0.2) is 0 Å². The fourth-order valence-electron chi connectivity index (χ4n) is 4.14. The molecule has 2 aromatic carbocycles. The Morgan fingerprint density at radius 1 is 1.03 bits per heavy atom. The summed E-state index contributed by atoms with van der Waals surface area (Å²) < 4.78 is 33.4. The van der Waals surface area contributed by atoms with Gasteiger partial charge in [-0.15, -0.1) is 0 Å². The summed E-state index contributed by atoms with van der Waals surface area (Å²) in [6, 6.07) is 14.2. The molecule has 30 heavy (non-hydrogen) atoms. The minimum absolute atomic E-state index is 0.220. The molecule has 0 radical (unpaired) electrons. The standard InChI is InChI=1S/C22H25BrN2O4S/c23-19-5-3-4-18(16-19)22(10-14-29-15-11-22)24-21(26)17-6-8-20(9-7-17)30(27,28)25-12-1-2-13-25/h3-9,16H,1-2,10-15H2,(H,24,26). The average molecular weight is 493 g/mol. The fraction of sp³-hybridized carbons (Fsp3) is 0.409. The first-order valence-corrected chi connectivity index (χ1v) is 12.4. The van der Waals surface area contributed by atoms with Crippen LogP contribution in [0.5, 0.6) is 0 Å². The van der Waals surface area contributed by atoms with Gasteiger partial charge in [0.25, 0.3) is 5.91 Å². The number of rotatable bonds is 5. The molecule has 0 saturated carbocycles. The molecular formula is C22H25BrN2O4S. The number of carbonyl (C=O) groups is 1. The number of hydrogen-bond acceptors (Lipinski definition) is 4. The molecule has 2 aliphatic rings. The van der Waals surface area contributed by atoms with Crippen LogP contribution >= 0.6 is 15.9 Å². The summed E-state index contributed by atoms with van der Waals surface area (Å²) in [5.41, 5.74) is 0.956. The second-order valence-corrected chi connectivity index (χ2v) is 10.6. The van der Waals surface area contributed by atoms with E-state index in [0.29, 0.717) is 44.7 Å². The van der Waals surface area contributed by atoms with Gasteiger partial charge >= 0.3 is 0 Å². The van der Waals surface area contributed by atoms with E-state index in [4.69, 9.17) is 4.74 Å². The highest BCUT2D eigenvalue weighted by molar-refractivity contribution is 9.10. The van der Waals surface area contributed by atoms with Gasteiger partial charge in [0.1, 0.15) is 0 Å². The third-order valence-electron chi connectivity index (χ3n) is 5.90. The number of benzene rings is 2. The van der Waals surface area contributed by atoms with E-state index in [0.717, 1.165) is 22.9 Å². The van der Waals surface area contributed by atoms with Crippen LogP contribution in [0, 0.1) is 0 Å². The summed E-state index contributed by atoms with van der Waals surface area (Å²) in [7, 11) is -3.49. The predicted molar refractivity (Wildman–Crippen MR) is 118 cm³/mol. The maximum atomic E-state index is 13.1. The summed E-state index contributed by atoms with van der Waals surface area (Å²) in [6.07, 6.45) is 3.13. The molecule has 2 fully saturated rings. The lowest BCUT2D eigenvalue weighted by Crippen LogP contribution is -2.49. The number of ether oxygens (including phenoxy) is 1. The normalized spacial score (nSPS) is 19.5. The molecule has 0 aromatic heterocycles. The summed E-state index contributed by atoms with van der Waals surface area (Å²) in [6.45, 7) is 2.25. The molecule has 4 rings (SSSR count). The Bertz CT molecular complexity index is 1010. The van der Waals surface area contributed by atoms with Crippen LogP contribution in [-0.4, -0.2) is 44.9 Å². The Morgan fingerprint density at radius 3 is 2.33 bits per heavy atom. The summed E-state index contributed by atoms with van der Waals surface area (Å²) in [5.74, 6) is -0.220. The van der Waals surface area contributed by atoms with Crippen LogP contribution in [-0.2, 0) is 20.3 Å². The quantitative estimate of drug-likeness (QED) is 0.690. The van der Waals surface area contributed by atoms with E-state index in [-0.39, 0.29) is 10.8 Å². The summed E-state index contributed by atoms with van der Waals surface area (Å²) >= 11 is 3.51. The number of sulfonamides is 1. The molecule has 2 saturated heterocycles. The third kappa shape index (κ3) is 4.32. The van der Waals surface area contributed by atoms with Gasteiger partial charge < -0.3 is 10.1 Å². The van der Waals surface area contributed by atoms with Gasteiger partial charge in [-0.25, -0.2) is 8.42 Å². The first-order chi connectivity index (χ1) is 14.4. The minimum Gasteiger partial charge on any atom is -0.381 e. The van der Waals surface area contributed by atoms with Gasteiger partial charge in [0.2, 0.25) is 10.0 Å². The first-order valence-electron chi connectivity index (χ1n) is 10.2. The highest BCUT2D eigenvalue weighted by atomic mass is 79.9. The molecule has 2 aliphatic heterocycles. The maximum Gasteiger partial charge on any atom is 0.251 e. The number of halogens is 1.